The maximum Gasteiger partial charge on any atom is 0.254 e. The highest BCUT2D eigenvalue weighted by molar-refractivity contribution is 5.62. The lowest BCUT2D eigenvalue weighted by Crippen LogP contribution is -2.18. The van der Waals surface area contributed by atoms with Gasteiger partial charge in [0.2, 0.25) is 0 Å². The first-order valence-electron chi connectivity index (χ1n) is 5.07. The molecule has 4 heteroatoms. The molecule has 2 rings (SSSR count). The molecule has 0 aliphatic rings. The van der Waals surface area contributed by atoms with Gasteiger partial charge in [0.15, 0.2) is 0 Å². The molecule has 16 heavy (non-hydrogen) atoms. The van der Waals surface area contributed by atoms with Crippen molar-refractivity contribution in [2.45, 2.75) is 13.5 Å². The number of nitrogens with two attached hydrogens (primary N) is 1. The van der Waals surface area contributed by atoms with Crippen molar-refractivity contribution in [1.82, 2.24) is 9.97 Å². The van der Waals surface area contributed by atoms with Crippen molar-refractivity contribution in [2.75, 3.05) is 0 Å². The van der Waals surface area contributed by atoms with E-state index in [4.69, 9.17) is 5.73 Å². The van der Waals surface area contributed by atoms with E-state index in [2.05, 4.69) is 9.97 Å². The van der Waals surface area contributed by atoms with Gasteiger partial charge in [-0.05, 0) is 6.92 Å². The number of hydrogen-bond acceptors (Lipinski definition) is 3. The van der Waals surface area contributed by atoms with Gasteiger partial charge in [-0.15, -0.1) is 0 Å². The van der Waals surface area contributed by atoms with E-state index in [9.17, 15) is 4.79 Å². The lowest BCUT2D eigenvalue weighted by molar-refractivity contribution is 0.886. The second kappa shape index (κ2) is 4.28. The predicted molar refractivity (Wildman–Crippen MR) is 62.9 cm³/mol. The lowest BCUT2D eigenvalue weighted by Gasteiger charge is -2.06. The van der Waals surface area contributed by atoms with Gasteiger partial charge in [-0.3, -0.25) is 4.79 Å². The summed E-state index contributed by atoms with van der Waals surface area (Å²) < 4.78 is 0. The standard InChI is InChI=1S/C12H13N3O/c1-8-11(9-5-3-2-4-6-9)14-10(7-13)15-12(8)16/h2-6H,7,13H2,1H3,(H,14,15,16). The third-order valence-corrected chi connectivity index (χ3v) is 2.44. The minimum absolute atomic E-state index is 0.130. The van der Waals surface area contributed by atoms with Gasteiger partial charge in [0.25, 0.3) is 5.56 Å². The second-order valence-corrected chi connectivity index (χ2v) is 3.56. The topological polar surface area (TPSA) is 71.8 Å². The van der Waals surface area contributed by atoms with E-state index in [1.165, 1.54) is 0 Å². The lowest BCUT2D eigenvalue weighted by atomic mass is 10.1. The average Bonchev–Trinajstić information content (AvgIpc) is 2.33. The quantitative estimate of drug-likeness (QED) is 0.790. The smallest absolute Gasteiger partial charge is 0.254 e. The molecule has 0 unspecified atom stereocenters. The van der Waals surface area contributed by atoms with Gasteiger partial charge < -0.3 is 10.7 Å². The van der Waals surface area contributed by atoms with E-state index in [1.54, 1.807) is 6.92 Å². The zero-order valence-electron chi connectivity index (χ0n) is 9.03. The Hall–Kier alpha value is -1.94. The third-order valence-electron chi connectivity index (χ3n) is 2.44. The van der Waals surface area contributed by atoms with Crippen LogP contribution in [0.4, 0.5) is 0 Å². The van der Waals surface area contributed by atoms with Crippen molar-refractivity contribution in [3.63, 3.8) is 0 Å². The Balaban J connectivity index is 2.65. The fourth-order valence-electron chi connectivity index (χ4n) is 1.55. The molecule has 4 nitrogen and oxygen atoms in total. The highest BCUT2D eigenvalue weighted by Gasteiger charge is 2.08. The van der Waals surface area contributed by atoms with Crippen molar-refractivity contribution >= 4 is 0 Å². The molecule has 2 aromatic rings. The first-order chi connectivity index (χ1) is 7.72. The van der Waals surface area contributed by atoms with Crippen molar-refractivity contribution < 1.29 is 0 Å². The van der Waals surface area contributed by atoms with Gasteiger partial charge >= 0.3 is 0 Å². The molecule has 0 fully saturated rings. The molecule has 0 saturated carbocycles. The van der Waals surface area contributed by atoms with Gasteiger partial charge in [-0.2, -0.15) is 0 Å². The molecular weight excluding hydrogens is 202 g/mol. The van der Waals surface area contributed by atoms with Crippen LogP contribution in [0.5, 0.6) is 0 Å². The van der Waals surface area contributed by atoms with E-state index in [-0.39, 0.29) is 12.1 Å². The minimum Gasteiger partial charge on any atom is -0.324 e. The zero-order valence-corrected chi connectivity index (χ0v) is 9.03. The van der Waals surface area contributed by atoms with E-state index in [0.717, 1.165) is 5.56 Å². The van der Waals surface area contributed by atoms with Crippen LogP contribution in [0, 0.1) is 6.92 Å². The third kappa shape index (κ3) is 1.87. The molecule has 1 aromatic carbocycles. The normalized spacial score (nSPS) is 10.4. The monoisotopic (exact) mass is 215 g/mol. The summed E-state index contributed by atoms with van der Waals surface area (Å²) in [5.74, 6) is 0.509. The number of aromatic nitrogens is 2. The Morgan fingerprint density at radius 3 is 2.62 bits per heavy atom. The fraction of sp³-hybridized carbons (Fsp3) is 0.167. The van der Waals surface area contributed by atoms with Gasteiger partial charge in [-0.1, -0.05) is 30.3 Å². The van der Waals surface area contributed by atoms with Crippen LogP contribution in [0.15, 0.2) is 35.1 Å². The van der Waals surface area contributed by atoms with Gasteiger partial charge in [0.1, 0.15) is 5.82 Å². The fourth-order valence-corrected chi connectivity index (χ4v) is 1.55. The number of nitrogens with zero attached hydrogens (tertiary/aromatic N) is 1. The van der Waals surface area contributed by atoms with Crippen LogP contribution in [-0.2, 0) is 6.54 Å². The molecule has 3 N–H and O–H groups in total. The molecule has 0 spiro atoms. The Morgan fingerprint density at radius 1 is 1.31 bits per heavy atom. The van der Waals surface area contributed by atoms with E-state index < -0.39 is 0 Å². The van der Waals surface area contributed by atoms with Crippen LogP contribution in [0.25, 0.3) is 11.3 Å². The van der Waals surface area contributed by atoms with Gasteiger partial charge in [0.05, 0.1) is 12.2 Å². The van der Waals surface area contributed by atoms with Gasteiger partial charge in [-0.25, -0.2) is 4.98 Å². The maximum atomic E-state index is 11.6. The van der Waals surface area contributed by atoms with Crippen molar-refractivity contribution in [2.24, 2.45) is 5.73 Å². The summed E-state index contributed by atoms with van der Waals surface area (Å²) >= 11 is 0. The van der Waals surface area contributed by atoms with Crippen LogP contribution in [0.3, 0.4) is 0 Å². The van der Waals surface area contributed by atoms with E-state index in [1.807, 2.05) is 30.3 Å². The number of aromatic amines is 1. The highest BCUT2D eigenvalue weighted by Crippen LogP contribution is 2.17. The molecule has 0 aliphatic carbocycles. The summed E-state index contributed by atoms with van der Waals surface area (Å²) in [4.78, 5) is 18.6. The van der Waals surface area contributed by atoms with E-state index >= 15 is 0 Å². The van der Waals surface area contributed by atoms with Crippen LogP contribution >= 0.6 is 0 Å². The molecule has 0 atom stereocenters. The minimum atomic E-state index is -0.130. The van der Waals surface area contributed by atoms with Crippen molar-refractivity contribution in [3.8, 4) is 11.3 Å². The Bertz CT molecular complexity index is 546. The zero-order chi connectivity index (χ0) is 11.5. The maximum absolute atomic E-state index is 11.6. The molecule has 0 bridgehead atoms. The number of benzene rings is 1. The van der Waals surface area contributed by atoms with Crippen molar-refractivity contribution in [1.29, 1.82) is 0 Å². The Labute approximate surface area is 93.2 Å². The van der Waals surface area contributed by atoms with Gasteiger partial charge in [0, 0.05) is 11.1 Å². The van der Waals surface area contributed by atoms with Crippen LogP contribution in [-0.4, -0.2) is 9.97 Å². The summed E-state index contributed by atoms with van der Waals surface area (Å²) in [6, 6.07) is 9.61. The highest BCUT2D eigenvalue weighted by atomic mass is 16.1. The summed E-state index contributed by atoms with van der Waals surface area (Å²) in [6.07, 6.45) is 0. The molecule has 82 valence electrons. The number of rotatable bonds is 2. The molecular formula is C12H13N3O. The molecule has 0 saturated heterocycles. The largest absolute Gasteiger partial charge is 0.324 e. The Kier molecular flexibility index (Phi) is 2.83. The van der Waals surface area contributed by atoms with Crippen LogP contribution < -0.4 is 11.3 Å². The summed E-state index contributed by atoms with van der Waals surface area (Å²) in [5, 5.41) is 0. The molecule has 0 radical (unpaired) electrons. The first-order valence-corrected chi connectivity index (χ1v) is 5.07. The van der Waals surface area contributed by atoms with Crippen LogP contribution in [0.2, 0.25) is 0 Å². The van der Waals surface area contributed by atoms with Crippen molar-refractivity contribution in [3.05, 3.63) is 52.1 Å². The molecule has 1 heterocycles. The molecule has 0 aliphatic heterocycles. The first kappa shape index (κ1) is 10.6. The van der Waals surface area contributed by atoms with E-state index in [0.29, 0.717) is 17.1 Å². The molecule has 0 amide bonds. The average molecular weight is 215 g/mol. The molecule has 1 aromatic heterocycles. The number of H-pyrrole nitrogens is 1. The number of nitrogens with one attached hydrogen (secondary N) is 1. The summed E-state index contributed by atoms with van der Waals surface area (Å²) in [5.41, 5.74) is 7.60. The van der Waals surface area contributed by atoms with Crippen LogP contribution in [0.1, 0.15) is 11.4 Å². The SMILES string of the molecule is Cc1c(-c2ccccc2)nc(CN)[nH]c1=O. The summed E-state index contributed by atoms with van der Waals surface area (Å²) in [6.45, 7) is 1.99. The predicted octanol–water partition coefficient (Wildman–Crippen LogP) is 1.20. The number of hydrogen-bond donors (Lipinski definition) is 2. The summed E-state index contributed by atoms with van der Waals surface area (Å²) in [7, 11) is 0. The Morgan fingerprint density at radius 2 is 2.00 bits per heavy atom. The second-order valence-electron chi connectivity index (χ2n) is 3.56.